The van der Waals surface area contributed by atoms with Crippen molar-refractivity contribution < 1.29 is 0 Å². The molecule has 1 N–H and O–H groups in total. The third-order valence-electron chi connectivity index (χ3n) is 3.79. The quantitative estimate of drug-likeness (QED) is 0.720. The van der Waals surface area contributed by atoms with E-state index in [1.807, 2.05) is 18.4 Å². The lowest BCUT2D eigenvalue weighted by Crippen LogP contribution is -2.37. The molecule has 0 aromatic carbocycles. The van der Waals surface area contributed by atoms with Gasteiger partial charge in [-0.3, -0.25) is 0 Å². The lowest BCUT2D eigenvalue weighted by atomic mass is 10.1. The number of nitrogens with one attached hydrogen (secondary N) is 1. The first kappa shape index (κ1) is 18.4. The summed E-state index contributed by atoms with van der Waals surface area (Å²) in [5.41, 5.74) is 1.27. The average molecular weight is 312 g/mol. The maximum atomic E-state index is 5.00. The molecule has 0 fully saturated rings. The summed E-state index contributed by atoms with van der Waals surface area (Å²) in [5, 5.41) is 4.50. The molecule has 21 heavy (non-hydrogen) atoms. The highest BCUT2D eigenvalue weighted by Gasteiger charge is 2.23. The fourth-order valence-corrected chi connectivity index (χ4v) is 4.03. The van der Waals surface area contributed by atoms with Crippen LogP contribution in [-0.2, 0) is 6.54 Å². The van der Waals surface area contributed by atoms with Crippen molar-refractivity contribution in [2.45, 2.75) is 72.9 Å². The van der Waals surface area contributed by atoms with Crippen molar-refractivity contribution in [1.29, 1.82) is 0 Å². The van der Waals surface area contributed by atoms with Gasteiger partial charge in [-0.25, -0.2) is 4.98 Å². The standard InChI is InChI=1S/C17H33N3S/c1-8-14(9-2)20(11-12(3)4)17-19-16(13(5)6)15(21-17)10-18-7/h12-14,18H,8-11H2,1-7H3. The summed E-state index contributed by atoms with van der Waals surface area (Å²) in [6, 6.07) is 0.598. The Morgan fingerprint density at radius 3 is 2.19 bits per heavy atom. The van der Waals surface area contributed by atoms with Gasteiger partial charge in [-0.2, -0.15) is 0 Å². The highest BCUT2D eigenvalue weighted by molar-refractivity contribution is 7.15. The Kier molecular flexibility index (Phi) is 7.67. The van der Waals surface area contributed by atoms with Crippen LogP contribution in [0.1, 0.15) is 70.9 Å². The number of aromatic nitrogens is 1. The van der Waals surface area contributed by atoms with Crippen LogP contribution in [0.2, 0.25) is 0 Å². The number of hydrogen-bond acceptors (Lipinski definition) is 4. The Hall–Kier alpha value is -0.610. The molecule has 1 aromatic heterocycles. The normalized spacial score (nSPS) is 11.9. The van der Waals surface area contributed by atoms with Gasteiger partial charge in [0.25, 0.3) is 0 Å². The third kappa shape index (κ3) is 4.96. The summed E-state index contributed by atoms with van der Waals surface area (Å²) >= 11 is 1.87. The van der Waals surface area contributed by atoms with Crippen LogP contribution < -0.4 is 10.2 Å². The van der Waals surface area contributed by atoms with Gasteiger partial charge < -0.3 is 10.2 Å². The van der Waals surface area contributed by atoms with Crippen LogP contribution in [0.3, 0.4) is 0 Å². The van der Waals surface area contributed by atoms with Crippen LogP contribution in [0.4, 0.5) is 5.13 Å². The third-order valence-corrected chi connectivity index (χ3v) is 4.90. The van der Waals surface area contributed by atoms with Gasteiger partial charge in [0.2, 0.25) is 0 Å². The van der Waals surface area contributed by atoms with Crippen molar-refractivity contribution >= 4 is 16.5 Å². The molecule has 0 saturated carbocycles. The molecule has 0 aliphatic heterocycles. The van der Waals surface area contributed by atoms with Crippen molar-refractivity contribution in [3.8, 4) is 0 Å². The summed E-state index contributed by atoms with van der Waals surface area (Å²) in [4.78, 5) is 8.94. The number of rotatable bonds is 9. The Labute approximate surface area is 135 Å². The van der Waals surface area contributed by atoms with Gasteiger partial charge in [-0.1, -0.05) is 41.5 Å². The first-order chi connectivity index (χ1) is 9.94. The van der Waals surface area contributed by atoms with Crippen LogP contribution in [0, 0.1) is 5.92 Å². The van der Waals surface area contributed by atoms with E-state index in [0.29, 0.717) is 17.9 Å². The smallest absolute Gasteiger partial charge is 0.186 e. The van der Waals surface area contributed by atoms with E-state index in [4.69, 9.17) is 4.98 Å². The SMILES string of the molecule is CCC(CC)N(CC(C)C)c1nc(C(C)C)c(CNC)s1. The molecule has 4 heteroatoms. The molecular formula is C17H33N3S. The first-order valence-corrected chi connectivity index (χ1v) is 9.16. The Morgan fingerprint density at radius 1 is 1.14 bits per heavy atom. The lowest BCUT2D eigenvalue weighted by molar-refractivity contribution is 0.506. The first-order valence-electron chi connectivity index (χ1n) is 8.35. The summed E-state index contributed by atoms with van der Waals surface area (Å²) in [5.74, 6) is 1.14. The van der Waals surface area contributed by atoms with Gasteiger partial charge >= 0.3 is 0 Å². The number of nitrogens with zero attached hydrogens (tertiary/aromatic N) is 2. The van der Waals surface area contributed by atoms with E-state index in [2.05, 4.69) is 51.8 Å². The Bertz CT molecular complexity index is 408. The lowest BCUT2D eigenvalue weighted by Gasteiger charge is -2.31. The minimum Gasteiger partial charge on any atom is -0.345 e. The van der Waals surface area contributed by atoms with E-state index in [1.165, 1.54) is 28.5 Å². The second kappa shape index (κ2) is 8.74. The molecule has 0 aliphatic carbocycles. The zero-order valence-corrected chi connectivity index (χ0v) is 15.7. The van der Waals surface area contributed by atoms with Crippen LogP contribution >= 0.6 is 11.3 Å². The maximum Gasteiger partial charge on any atom is 0.186 e. The topological polar surface area (TPSA) is 28.2 Å². The minimum absolute atomic E-state index is 0.487. The number of thiazole rings is 1. The van der Waals surface area contributed by atoms with E-state index in [1.54, 1.807) is 0 Å². The van der Waals surface area contributed by atoms with E-state index < -0.39 is 0 Å². The second-order valence-corrected chi connectivity index (χ2v) is 7.57. The predicted octanol–water partition coefficient (Wildman–Crippen LogP) is 4.64. The van der Waals surface area contributed by atoms with Crippen molar-refractivity contribution in [2.75, 3.05) is 18.5 Å². The number of anilines is 1. The van der Waals surface area contributed by atoms with E-state index in [9.17, 15) is 0 Å². The monoisotopic (exact) mass is 311 g/mol. The summed E-state index contributed by atoms with van der Waals surface area (Å²) in [6.45, 7) is 15.6. The van der Waals surface area contributed by atoms with Crippen LogP contribution in [0.15, 0.2) is 0 Å². The largest absolute Gasteiger partial charge is 0.345 e. The van der Waals surface area contributed by atoms with Gasteiger partial charge in [-0.15, -0.1) is 11.3 Å². The molecule has 122 valence electrons. The molecule has 0 aliphatic rings. The molecule has 1 aromatic rings. The van der Waals surface area contributed by atoms with Gasteiger partial charge in [-0.05, 0) is 31.7 Å². The van der Waals surface area contributed by atoms with Crippen molar-refractivity contribution in [1.82, 2.24) is 10.3 Å². The molecule has 1 rings (SSSR count). The molecule has 0 amide bonds. The molecular weight excluding hydrogens is 278 g/mol. The summed E-state index contributed by atoms with van der Waals surface area (Å²) < 4.78 is 0. The second-order valence-electron chi connectivity index (χ2n) is 6.51. The summed E-state index contributed by atoms with van der Waals surface area (Å²) in [7, 11) is 2.01. The van der Waals surface area contributed by atoms with Crippen LogP contribution in [0.5, 0.6) is 0 Å². The number of hydrogen-bond donors (Lipinski definition) is 1. The fourth-order valence-electron chi connectivity index (χ4n) is 2.72. The predicted molar refractivity (Wildman–Crippen MR) is 95.5 cm³/mol. The zero-order chi connectivity index (χ0) is 16.0. The zero-order valence-electron chi connectivity index (χ0n) is 14.9. The Morgan fingerprint density at radius 2 is 1.76 bits per heavy atom. The average Bonchev–Trinajstić information content (AvgIpc) is 2.83. The minimum atomic E-state index is 0.487. The molecule has 0 bridgehead atoms. The van der Waals surface area contributed by atoms with Crippen molar-refractivity contribution in [2.24, 2.45) is 5.92 Å². The fraction of sp³-hybridized carbons (Fsp3) is 0.824. The van der Waals surface area contributed by atoms with Crippen molar-refractivity contribution in [3.63, 3.8) is 0 Å². The van der Waals surface area contributed by atoms with Gasteiger partial charge in [0, 0.05) is 24.0 Å². The van der Waals surface area contributed by atoms with E-state index in [-0.39, 0.29) is 0 Å². The molecule has 3 nitrogen and oxygen atoms in total. The van der Waals surface area contributed by atoms with E-state index >= 15 is 0 Å². The maximum absolute atomic E-state index is 5.00. The van der Waals surface area contributed by atoms with Gasteiger partial charge in [0.1, 0.15) is 0 Å². The van der Waals surface area contributed by atoms with Crippen molar-refractivity contribution in [3.05, 3.63) is 10.6 Å². The highest BCUT2D eigenvalue weighted by atomic mass is 32.1. The molecule has 1 heterocycles. The van der Waals surface area contributed by atoms with Gasteiger partial charge in [0.05, 0.1) is 5.69 Å². The van der Waals surface area contributed by atoms with E-state index in [0.717, 1.165) is 13.1 Å². The molecule has 0 spiro atoms. The van der Waals surface area contributed by atoms with Crippen LogP contribution in [0.25, 0.3) is 0 Å². The Balaban J connectivity index is 3.14. The molecule has 0 unspecified atom stereocenters. The van der Waals surface area contributed by atoms with Crippen LogP contribution in [-0.4, -0.2) is 24.6 Å². The molecule has 0 saturated heterocycles. The molecule has 0 radical (unpaired) electrons. The molecule has 0 atom stereocenters. The highest BCUT2D eigenvalue weighted by Crippen LogP contribution is 2.33. The summed E-state index contributed by atoms with van der Waals surface area (Å²) in [6.07, 6.45) is 2.36. The van der Waals surface area contributed by atoms with Gasteiger partial charge in [0.15, 0.2) is 5.13 Å².